The second-order valence-electron chi connectivity index (χ2n) is 7.80. The number of aromatic nitrogens is 1. The summed E-state index contributed by atoms with van der Waals surface area (Å²) in [6.45, 7) is 5.32. The number of anilines is 2. The number of ether oxygens (including phenoxy) is 1. The number of hydrogen-bond acceptors (Lipinski definition) is 5. The molecule has 3 rings (SSSR count). The van der Waals surface area contributed by atoms with Gasteiger partial charge in [-0.2, -0.15) is 0 Å². The summed E-state index contributed by atoms with van der Waals surface area (Å²) >= 11 is 0. The molecule has 0 unspecified atom stereocenters. The minimum atomic E-state index is -0.633. The molecule has 1 heterocycles. The molecule has 0 aliphatic rings. The van der Waals surface area contributed by atoms with E-state index < -0.39 is 11.7 Å². The van der Waals surface area contributed by atoms with Gasteiger partial charge in [-0.05, 0) is 57.2 Å². The second-order valence-corrected chi connectivity index (χ2v) is 7.80. The molecule has 0 atom stereocenters. The zero-order valence-electron chi connectivity index (χ0n) is 17.5. The monoisotopic (exact) mass is 417 g/mol. The largest absolute Gasteiger partial charge is 0.444 e. The first kappa shape index (κ1) is 21.7. The van der Waals surface area contributed by atoms with E-state index >= 15 is 0 Å². The van der Waals surface area contributed by atoms with Gasteiger partial charge >= 0.3 is 6.09 Å². The third-order valence-electron chi connectivity index (χ3n) is 4.18. The second kappa shape index (κ2) is 9.21. The predicted octanol–water partition coefficient (Wildman–Crippen LogP) is 5.16. The van der Waals surface area contributed by atoms with E-state index in [0.29, 0.717) is 28.2 Å². The van der Waals surface area contributed by atoms with Crippen LogP contribution < -0.4 is 10.6 Å². The van der Waals surface area contributed by atoms with Crippen molar-refractivity contribution in [2.75, 3.05) is 10.6 Å². The summed E-state index contributed by atoms with van der Waals surface area (Å²) in [4.78, 5) is 39.8. The minimum Gasteiger partial charge on any atom is -0.444 e. The van der Waals surface area contributed by atoms with E-state index in [2.05, 4.69) is 15.6 Å². The summed E-state index contributed by atoms with van der Waals surface area (Å²) in [6, 6.07) is 17.2. The molecule has 2 aromatic carbocycles. The van der Waals surface area contributed by atoms with E-state index in [-0.39, 0.29) is 5.91 Å². The maximum absolute atomic E-state index is 12.7. The molecule has 0 bridgehead atoms. The van der Waals surface area contributed by atoms with Gasteiger partial charge in [0.05, 0.1) is 17.1 Å². The molecule has 3 aromatic rings. The van der Waals surface area contributed by atoms with Gasteiger partial charge in [0.2, 0.25) is 0 Å². The van der Waals surface area contributed by atoms with Gasteiger partial charge in [-0.25, -0.2) is 4.79 Å². The highest BCUT2D eigenvalue weighted by Gasteiger charge is 2.18. The number of pyridine rings is 1. The molecule has 0 fully saturated rings. The number of rotatable bonds is 5. The highest BCUT2D eigenvalue weighted by Crippen LogP contribution is 2.23. The summed E-state index contributed by atoms with van der Waals surface area (Å²) in [5.41, 5.74) is 2.71. The van der Waals surface area contributed by atoms with Crippen LogP contribution in [0.1, 0.15) is 41.5 Å². The van der Waals surface area contributed by atoms with E-state index in [9.17, 15) is 14.4 Å². The van der Waals surface area contributed by atoms with Crippen LogP contribution in [0.2, 0.25) is 0 Å². The summed E-state index contributed by atoms with van der Waals surface area (Å²) in [7, 11) is 0. The van der Waals surface area contributed by atoms with Crippen LogP contribution >= 0.6 is 0 Å². The number of nitrogens with one attached hydrogen (secondary N) is 2. The Morgan fingerprint density at radius 1 is 0.903 bits per heavy atom. The number of aldehydes is 1. The van der Waals surface area contributed by atoms with Crippen LogP contribution in [0.15, 0.2) is 66.9 Å². The molecule has 1 aromatic heterocycles. The standard InChI is InChI=1S/C24H23N3O4/c1-24(2,3)31-23(30)27-21-7-5-4-6-20(21)26-22(29)18-11-9-17(10-12-18)19-13-8-16(15-28)14-25-19/h4-15H,1-3H3,(H,26,29)(H,27,30). The Morgan fingerprint density at radius 2 is 1.55 bits per heavy atom. The lowest BCUT2D eigenvalue weighted by molar-refractivity contribution is 0.0635. The van der Waals surface area contributed by atoms with Crippen molar-refractivity contribution >= 4 is 29.7 Å². The van der Waals surface area contributed by atoms with Crippen LogP contribution in [0, 0.1) is 0 Å². The number of carbonyl (C=O) groups is 3. The molecule has 0 saturated carbocycles. The fraction of sp³-hybridized carbons (Fsp3) is 0.167. The topological polar surface area (TPSA) is 97.4 Å². The Balaban J connectivity index is 1.71. The highest BCUT2D eigenvalue weighted by atomic mass is 16.6. The molecule has 0 radical (unpaired) electrons. The van der Waals surface area contributed by atoms with Crippen molar-refractivity contribution in [3.8, 4) is 11.3 Å². The van der Waals surface area contributed by atoms with E-state index in [1.165, 1.54) is 6.20 Å². The minimum absolute atomic E-state index is 0.325. The van der Waals surface area contributed by atoms with E-state index in [0.717, 1.165) is 11.8 Å². The molecular weight excluding hydrogens is 394 g/mol. The highest BCUT2D eigenvalue weighted by molar-refractivity contribution is 6.07. The molecule has 31 heavy (non-hydrogen) atoms. The van der Waals surface area contributed by atoms with Gasteiger partial charge in [0.15, 0.2) is 6.29 Å². The Morgan fingerprint density at radius 3 is 2.10 bits per heavy atom. The molecule has 7 nitrogen and oxygen atoms in total. The number of nitrogens with zero attached hydrogens (tertiary/aromatic N) is 1. The van der Waals surface area contributed by atoms with E-state index in [1.54, 1.807) is 81.4 Å². The Labute approximate surface area is 180 Å². The Bertz CT molecular complexity index is 1090. The van der Waals surface area contributed by atoms with Crippen LogP contribution in [-0.2, 0) is 4.74 Å². The molecular formula is C24H23N3O4. The van der Waals surface area contributed by atoms with Gasteiger partial charge in [0.25, 0.3) is 5.91 Å². The molecule has 158 valence electrons. The maximum Gasteiger partial charge on any atom is 0.412 e. The molecule has 0 aliphatic carbocycles. The first-order valence-corrected chi connectivity index (χ1v) is 9.67. The van der Waals surface area contributed by atoms with Gasteiger partial charge in [0, 0.05) is 22.9 Å². The fourth-order valence-electron chi connectivity index (χ4n) is 2.75. The predicted molar refractivity (Wildman–Crippen MR) is 119 cm³/mol. The van der Waals surface area contributed by atoms with Crippen LogP contribution in [-0.4, -0.2) is 28.9 Å². The number of carbonyl (C=O) groups excluding carboxylic acids is 3. The van der Waals surface area contributed by atoms with Crippen molar-refractivity contribution in [1.82, 2.24) is 4.98 Å². The molecule has 2 amide bonds. The van der Waals surface area contributed by atoms with Gasteiger partial charge in [-0.3, -0.25) is 19.9 Å². The van der Waals surface area contributed by atoms with E-state index in [1.807, 2.05) is 0 Å². The molecule has 7 heteroatoms. The van der Waals surface area contributed by atoms with Crippen molar-refractivity contribution in [2.24, 2.45) is 0 Å². The van der Waals surface area contributed by atoms with Crippen LogP contribution in [0.4, 0.5) is 16.2 Å². The van der Waals surface area contributed by atoms with Gasteiger partial charge in [0.1, 0.15) is 5.60 Å². The number of hydrogen-bond donors (Lipinski definition) is 2. The summed E-state index contributed by atoms with van der Waals surface area (Å²) in [5.74, 6) is -0.325. The van der Waals surface area contributed by atoms with Crippen molar-refractivity contribution in [1.29, 1.82) is 0 Å². The molecule has 0 saturated heterocycles. The zero-order valence-corrected chi connectivity index (χ0v) is 17.5. The fourth-order valence-corrected chi connectivity index (χ4v) is 2.75. The third kappa shape index (κ3) is 5.99. The lowest BCUT2D eigenvalue weighted by Crippen LogP contribution is -2.27. The van der Waals surface area contributed by atoms with Crippen LogP contribution in [0.5, 0.6) is 0 Å². The average molecular weight is 417 g/mol. The summed E-state index contributed by atoms with van der Waals surface area (Å²) < 4.78 is 5.27. The zero-order chi connectivity index (χ0) is 22.4. The first-order chi connectivity index (χ1) is 14.7. The summed E-state index contributed by atoms with van der Waals surface area (Å²) in [5, 5.41) is 5.46. The lowest BCUT2D eigenvalue weighted by Gasteiger charge is -2.20. The first-order valence-electron chi connectivity index (χ1n) is 9.67. The normalized spacial score (nSPS) is 10.8. The third-order valence-corrected chi connectivity index (χ3v) is 4.18. The molecule has 2 N–H and O–H groups in total. The van der Waals surface area contributed by atoms with Gasteiger partial charge < -0.3 is 10.1 Å². The van der Waals surface area contributed by atoms with E-state index in [4.69, 9.17) is 4.74 Å². The van der Waals surface area contributed by atoms with Crippen molar-refractivity contribution in [3.05, 3.63) is 78.0 Å². The Kier molecular flexibility index (Phi) is 6.45. The molecule has 0 spiro atoms. The number of para-hydroxylation sites is 2. The van der Waals surface area contributed by atoms with Crippen LogP contribution in [0.3, 0.4) is 0 Å². The number of amides is 2. The maximum atomic E-state index is 12.7. The SMILES string of the molecule is CC(C)(C)OC(=O)Nc1ccccc1NC(=O)c1ccc(-c2ccc(C=O)cn2)cc1. The van der Waals surface area contributed by atoms with Crippen molar-refractivity contribution in [2.45, 2.75) is 26.4 Å². The van der Waals surface area contributed by atoms with Crippen molar-refractivity contribution < 1.29 is 19.1 Å². The van der Waals surface area contributed by atoms with Gasteiger partial charge in [-0.1, -0.05) is 24.3 Å². The van der Waals surface area contributed by atoms with Crippen LogP contribution in [0.25, 0.3) is 11.3 Å². The smallest absolute Gasteiger partial charge is 0.412 e. The molecule has 0 aliphatic heterocycles. The average Bonchev–Trinajstić information content (AvgIpc) is 2.74. The quantitative estimate of drug-likeness (QED) is 0.559. The number of benzene rings is 2. The lowest BCUT2D eigenvalue weighted by atomic mass is 10.1. The van der Waals surface area contributed by atoms with Gasteiger partial charge in [-0.15, -0.1) is 0 Å². The Hall–Kier alpha value is -4.00. The summed E-state index contributed by atoms with van der Waals surface area (Å²) in [6.07, 6.45) is 1.63. The van der Waals surface area contributed by atoms with Crippen molar-refractivity contribution in [3.63, 3.8) is 0 Å².